The zero-order chi connectivity index (χ0) is 9.68. The number of thioether (sulfide) groups is 1. The van der Waals surface area contributed by atoms with E-state index in [0.717, 1.165) is 16.6 Å². The van der Waals surface area contributed by atoms with E-state index in [2.05, 4.69) is 17.2 Å². The zero-order valence-corrected chi connectivity index (χ0v) is 9.32. The number of nitrogens with one attached hydrogen (secondary N) is 1. The SMILES string of the molecule is CNCC(C)Sc1ncccc1Cl. The first-order valence-corrected chi connectivity index (χ1v) is 5.41. The molecule has 4 heteroatoms. The molecule has 0 aliphatic heterocycles. The van der Waals surface area contributed by atoms with Gasteiger partial charge in [0.05, 0.1) is 5.02 Å². The Kier molecular flexibility index (Phi) is 4.56. The van der Waals surface area contributed by atoms with E-state index in [9.17, 15) is 0 Å². The standard InChI is InChI=1S/C9H13ClN2S/c1-7(6-11-2)13-9-8(10)4-3-5-12-9/h3-5,7,11H,6H2,1-2H3. The van der Waals surface area contributed by atoms with Gasteiger partial charge in [-0.1, -0.05) is 18.5 Å². The number of rotatable bonds is 4. The van der Waals surface area contributed by atoms with E-state index in [0.29, 0.717) is 5.25 Å². The zero-order valence-electron chi connectivity index (χ0n) is 7.75. The third-order valence-corrected chi connectivity index (χ3v) is 3.06. The second-order valence-corrected chi connectivity index (χ2v) is 4.61. The van der Waals surface area contributed by atoms with Crippen LogP contribution in [0.15, 0.2) is 23.4 Å². The fourth-order valence-electron chi connectivity index (χ4n) is 0.978. The molecule has 0 spiro atoms. The maximum absolute atomic E-state index is 5.96. The van der Waals surface area contributed by atoms with Crippen molar-refractivity contribution in [3.05, 3.63) is 23.4 Å². The Morgan fingerprint density at radius 3 is 3.08 bits per heavy atom. The maximum atomic E-state index is 5.96. The molecular weight excluding hydrogens is 204 g/mol. The smallest absolute Gasteiger partial charge is 0.115 e. The molecule has 2 nitrogen and oxygen atoms in total. The lowest BCUT2D eigenvalue weighted by Gasteiger charge is -2.09. The molecule has 1 aromatic rings. The molecule has 1 atom stereocenters. The predicted molar refractivity (Wildman–Crippen MR) is 58.5 cm³/mol. The summed E-state index contributed by atoms with van der Waals surface area (Å²) in [6, 6.07) is 3.71. The number of nitrogens with zero attached hydrogens (tertiary/aromatic N) is 1. The quantitative estimate of drug-likeness (QED) is 0.783. The van der Waals surface area contributed by atoms with Crippen molar-refractivity contribution in [3.63, 3.8) is 0 Å². The van der Waals surface area contributed by atoms with Gasteiger partial charge in [0.25, 0.3) is 0 Å². The van der Waals surface area contributed by atoms with E-state index < -0.39 is 0 Å². The predicted octanol–water partition coefficient (Wildman–Crippen LogP) is 2.44. The molecule has 0 saturated heterocycles. The van der Waals surface area contributed by atoms with Crippen LogP contribution < -0.4 is 5.32 Å². The highest BCUT2D eigenvalue weighted by atomic mass is 35.5. The van der Waals surface area contributed by atoms with E-state index in [1.807, 2.05) is 19.2 Å². The average molecular weight is 217 g/mol. The Labute approximate surface area is 88.1 Å². The minimum atomic E-state index is 0.484. The molecule has 0 radical (unpaired) electrons. The molecule has 0 saturated carbocycles. The normalized spacial score (nSPS) is 12.8. The van der Waals surface area contributed by atoms with Crippen LogP contribution in [0, 0.1) is 0 Å². The lowest BCUT2D eigenvalue weighted by atomic mass is 10.5. The Morgan fingerprint density at radius 1 is 1.69 bits per heavy atom. The van der Waals surface area contributed by atoms with E-state index in [4.69, 9.17) is 11.6 Å². The second kappa shape index (κ2) is 5.47. The van der Waals surface area contributed by atoms with E-state index in [-0.39, 0.29) is 0 Å². The molecule has 1 N–H and O–H groups in total. The fourth-order valence-corrected chi connectivity index (χ4v) is 2.17. The van der Waals surface area contributed by atoms with Gasteiger partial charge in [-0.15, -0.1) is 11.8 Å². The van der Waals surface area contributed by atoms with Crippen LogP contribution in [0.25, 0.3) is 0 Å². The van der Waals surface area contributed by atoms with Gasteiger partial charge in [-0.3, -0.25) is 0 Å². The van der Waals surface area contributed by atoms with Gasteiger partial charge >= 0.3 is 0 Å². The van der Waals surface area contributed by atoms with Crippen molar-refractivity contribution in [2.75, 3.05) is 13.6 Å². The Morgan fingerprint density at radius 2 is 2.46 bits per heavy atom. The number of hydrogen-bond donors (Lipinski definition) is 1. The monoisotopic (exact) mass is 216 g/mol. The van der Waals surface area contributed by atoms with E-state index in [1.165, 1.54) is 0 Å². The largest absolute Gasteiger partial charge is 0.319 e. The molecule has 1 rings (SSSR count). The van der Waals surface area contributed by atoms with Gasteiger partial charge in [0.15, 0.2) is 0 Å². The van der Waals surface area contributed by atoms with Gasteiger partial charge in [-0.25, -0.2) is 4.98 Å². The van der Waals surface area contributed by atoms with Crippen molar-refractivity contribution < 1.29 is 0 Å². The molecule has 1 unspecified atom stereocenters. The minimum absolute atomic E-state index is 0.484. The molecule has 1 aromatic heterocycles. The molecule has 0 aromatic carbocycles. The molecule has 1 heterocycles. The Hall–Kier alpha value is -0.250. The number of halogens is 1. The summed E-state index contributed by atoms with van der Waals surface area (Å²) in [5.41, 5.74) is 0. The Balaban J connectivity index is 2.58. The third-order valence-electron chi connectivity index (χ3n) is 1.53. The van der Waals surface area contributed by atoms with E-state index in [1.54, 1.807) is 18.0 Å². The summed E-state index contributed by atoms with van der Waals surface area (Å²) in [6.07, 6.45) is 1.76. The van der Waals surface area contributed by atoms with Gasteiger partial charge in [0.2, 0.25) is 0 Å². The molecule has 0 bridgehead atoms. The number of hydrogen-bond acceptors (Lipinski definition) is 3. The van der Waals surface area contributed by atoms with Crippen molar-refractivity contribution >= 4 is 23.4 Å². The van der Waals surface area contributed by atoms with Gasteiger partial charge in [0, 0.05) is 18.0 Å². The topological polar surface area (TPSA) is 24.9 Å². The summed E-state index contributed by atoms with van der Waals surface area (Å²) in [4.78, 5) is 4.20. The van der Waals surface area contributed by atoms with Gasteiger partial charge in [0.1, 0.15) is 5.03 Å². The van der Waals surface area contributed by atoms with Crippen LogP contribution >= 0.6 is 23.4 Å². The number of pyridine rings is 1. The van der Waals surface area contributed by atoms with Crippen LogP contribution in [-0.4, -0.2) is 23.8 Å². The highest BCUT2D eigenvalue weighted by Gasteiger charge is 2.06. The maximum Gasteiger partial charge on any atom is 0.115 e. The summed E-state index contributed by atoms with van der Waals surface area (Å²) >= 11 is 7.65. The van der Waals surface area contributed by atoms with Crippen LogP contribution in [0.3, 0.4) is 0 Å². The van der Waals surface area contributed by atoms with Crippen LogP contribution in [0.5, 0.6) is 0 Å². The van der Waals surface area contributed by atoms with Gasteiger partial charge in [-0.05, 0) is 19.2 Å². The molecule has 0 amide bonds. The molecule has 13 heavy (non-hydrogen) atoms. The van der Waals surface area contributed by atoms with Crippen molar-refractivity contribution in [2.24, 2.45) is 0 Å². The molecule has 0 aliphatic rings. The van der Waals surface area contributed by atoms with Crippen LogP contribution in [0.1, 0.15) is 6.92 Å². The Bertz CT molecular complexity index is 268. The van der Waals surface area contributed by atoms with Crippen molar-refractivity contribution in [1.29, 1.82) is 0 Å². The summed E-state index contributed by atoms with van der Waals surface area (Å²) in [5.74, 6) is 0. The highest BCUT2D eigenvalue weighted by Crippen LogP contribution is 2.27. The first kappa shape index (κ1) is 10.8. The van der Waals surface area contributed by atoms with Crippen LogP contribution in [0.4, 0.5) is 0 Å². The van der Waals surface area contributed by atoms with Crippen molar-refractivity contribution in [2.45, 2.75) is 17.2 Å². The van der Waals surface area contributed by atoms with Crippen LogP contribution in [-0.2, 0) is 0 Å². The molecule has 0 fully saturated rings. The highest BCUT2D eigenvalue weighted by molar-refractivity contribution is 8.00. The third kappa shape index (κ3) is 3.55. The van der Waals surface area contributed by atoms with Crippen molar-refractivity contribution in [1.82, 2.24) is 10.3 Å². The first-order chi connectivity index (χ1) is 6.24. The van der Waals surface area contributed by atoms with Gasteiger partial charge < -0.3 is 5.32 Å². The lowest BCUT2D eigenvalue weighted by molar-refractivity contribution is 0.784. The summed E-state index contributed by atoms with van der Waals surface area (Å²) in [7, 11) is 1.94. The molecule has 0 aliphatic carbocycles. The first-order valence-electron chi connectivity index (χ1n) is 4.16. The van der Waals surface area contributed by atoms with Gasteiger partial charge in [-0.2, -0.15) is 0 Å². The molecular formula is C9H13ClN2S. The minimum Gasteiger partial charge on any atom is -0.319 e. The summed E-state index contributed by atoms with van der Waals surface area (Å²) < 4.78 is 0. The second-order valence-electron chi connectivity index (χ2n) is 2.78. The molecule has 72 valence electrons. The fraction of sp³-hybridized carbons (Fsp3) is 0.444. The van der Waals surface area contributed by atoms with Crippen molar-refractivity contribution in [3.8, 4) is 0 Å². The summed E-state index contributed by atoms with van der Waals surface area (Å²) in [5, 5.41) is 5.24. The lowest BCUT2D eigenvalue weighted by Crippen LogP contribution is -2.17. The number of aromatic nitrogens is 1. The summed E-state index contributed by atoms with van der Waals surface area (Å²) in [6.45, 7) is 3.10. The van der Waals surface area contributed by atoms with Crippen LogP contribution in [0.2, 0.25) is 5.02 Å². The average Bonchev–Trinajstić information content (AvgIpc) is 2.09. The van der Waals surface area contributed by atoms with E-state index >= 15 is 0 Å².